The highest BCUT2D eigenvalue weighted by molar-refractivity contribution is 6.43. The van der Waals surface area contributed by atoms with E-state index < -0.39 is 0 Å². The zero-order chi connectivity index (χ0) is 14.4. The third-order valence-corrected chi connectivity index (χ3v) is 3.44. The number of carbonyl (C=O) groups is 1. The molecule has 0 saturated carbocycles. The van der Waals surface area contributed by atoms with Gasteiger partial charge in [0.05, 0.1) is 15.6 Å². The first-order valence-corrected chi connectivity index (χ1v) is 6.46. The molecule has 7 heteroatoms. The maximum absolute atomic E-state index is 12.3. The van der Waals surface area contributed by atoms with Crippen LogP contribution in [0.5, 0.6) is 0 Å². The molecule has 0 unspecified atom stereocenters. The van der Waals surface area contributed by atoms with Crippen LogP contribution in [0, 0.1) is 0 Å². The lowest BCUT2D eigenvalue weighted by Crippen LogP contribution is -2.34. The fourth-order valence-corrected chi connectivity index (χ4v) is 1.92. The molecule has 0 heterocycles. The van der Waals surface area contributed by atoms with E-state index in [-0.39, 0.29) is 23.2 Å². The topological polar surface area (TPSA) is 78.9 Å². The lowest BCUT2D eigenvalue weighted by Gasteiger charge is -2.21. The predicted molar refractivity (Wildman–Crippen MR) is 76.1 cm³/mol. The van der Waals surface area contributed by atoms with Crippen LogP contribution in [-0.2, 0) is 0 Å². The molecule has 0 aliphatic heterocycles. The lowest BCUT2D eigenvalue weighted by atomic mass is 10.2. The van der Waals surface area contributed by atoms with Gasteiger partial charge >= 0.3 is 0 Å². The highest BCUT2D eigenvalue weighted by Gasteiger charge is 2.18. The van der Waals surface area contributed by atoms with Crippen molar-refractivity contribution in [2.75, 3.05) is 13.1 Å². The Morgan fingerprint density at radius 3 is 2.74 bits per heavy atom. The van der Waals surface area contributed by atoms with Crippen molar-refractivity contribution in [2.45, 2.75) is 13.3 Å². The molecule has 104 valence electrons. The van der Waals surface area contributed by atoms with Crippen molar-refractivity contribution in [1.82, 2.24) is 4.90 Å². The quantitative estimate of drug-likeness (QED) is 0.380. The number of nitrogens with two attached hydrogens (primary N) is 1. The van der Waals surface area contributed by atoms with Crippen LogP contribution in [0.1, 0.15) is 23.7 Å². The zero-order valence-electron chi connectivity index (χ0n) is 10.4. The molecular weight excluding hydrogens is 289 g/mol. The summed E-state index contributed by atoms with van der Waals surface area (Å²) in [6, 6.07) is 4.90. The molecule has 1 amide bonds. The molecule has 0 aliphatic rings. The van der Waals surface area contributed by atoms with Crippen molar-refractivity contribution in [3.05, 3.63) is 33.8 Å². The van der Waals surface area contributed by atoms with E-state index in [9.17, 15) is 4.79 Å². The monoisotopic (exact) mass is 303 g/mol. The third-order valence-electron chi connectivity index (χ3n) is 2.62. The summed E-state index contributed by atoms with van der Waals surface area (Å²) in [5.74, 6) is -0.163. The van der Waals surface area contributed by atoms with Crippen LogP contribution in [0.2, 0.25) is 10.0 Å². The van der Waals surface area contributed by atoms with Crippen molar-refractivity contribution >= 4 is 34.9 Å². The van der Waals surface area contributed by atoms with Crippen molar-refractivity contribution in [3.63, 3.8) is 0 Å². The molecule has 0 aliphatic carbocycles. The standard InChI is InChI=1S/C12H15Cl2N3O2/c1-2-17(7-6-10(15)16-19)12(18)8-4-3-5-9(13)11(8)14/h3-5,19H,2,6-7H2,1H3,(H2,15,16). The maximum atomic E-state index is 12.3. The van der Waals surface area contributed by atoms with E-state index in [4.69, 9.17) is 34.1 Å². The van der Waals surface area contributed by atoms with Gasteiger partial charge < -0.3 is 15.8 Å². The smallest absolute Gasteiger partial charge is 0.255 e. The van der Waals surface area contributed by atoms with Gasteiger partial charge in [-0.1, -0.05) is 34.4 Å². The van der Waals surface area contributed by atoms with Crippen LogP contribution in [-0.4, -0.2) is 34.9 Å². The molecule has 3 N–H and O–H groups in total. The van der Waals surface area contributed by atoms with Gasteiger partial charge in [0.1, 0.15) is 5.84 Å². The Morgan fingerprint density at radius 1 is 1.47 bits per heavy atom. The number of amidine groups is 1. The third kappa shape index (κ3) is 4.01. The van der Waals surface area contributed by atoms with Crippen molar-refractivity contribution < 1.29 is 10.0 Å². The summed E-state index contributed by atoms with van der Waals surface area (Å²) < 4.78 is 0. The number of hydrogen-bond acceptors (Lipinski definition) is 3. The Morgan fingerprint density at radius 2 is 2.16 bits per heavy atom. The van der Waals surface area contributed by atoms with Crippen LogP contribution in [0.3, 0.4) is 0 Å². The Balaban J connectivity index is 2.87. The summed E-state index contributed by atoms with van der Waals surface area (Å²) in [7, 11) is 0. The Kier molecular flexibility index (Phi) is 5.92. The van der Waals surface area contributed by atoms with E-state index in [0.29, 0.717) is 23.7 Å². The first-order chi connectivity index (χ1) is 9.01. The Bertz CT molecular complexity index is 492. The summed E-state index contributed by atoms with van der Waals surface area (Å²) in [5, 5.41) is 11.9. The van der Waals surface area contributed by atoms with E-state index in [0.717, 1.165) is 0 Å². The second-order valence-electron chi connectivity index (χ2n) is 3.83. The average Bonchev–Trinajstić information content (AvgIpc) is 2.41. The highest BCUT2D eigenvalue weighted by atomic mass is 35.5. The van der Waals surface area contributed by atoms with Gasteiger partial charge in [-0.2, -0.15) is 0 Å². The molecule has 0 bridgehead atoms. The van der Waals surface area contributed by atoms with Gasteiger partial charge in [0.15, 0.2) is 0 Å². The molecule has 19 heavy (non-hydrogen) atoms. The molecule has 5 nitrogen and oxygen atoms in total. The molecule has 1 aromatic rings. The normalized spacial score (nSPS) is 11.4. The lowest BCUT2D eigenvalue weighted by molar-refractivity contribution is 0.0768. The van der Waals surface area contributed by atoms with Crippen LogP contribution in [0.4, 0.5) is 0 Å². The SMILES string of the molecule is CCN(CCC(N)=NO)C(=O)c1cccc(Cl)c1Cl. The molecule has 1 rings (SSSR count). The van der Waals surface area contributed by atoms with Crippen LogP contribution >= 0.6 is 23.2 Å². The number of hydrogen-bond donors (Lipinski definition) is 2. The maximum Gasteiger partial charge on any atom is 0.255 e. The summed E-state index contributed by atoms with van der Waals surface area (Å²) >= 11 is 11.9. The second kappa shape index (κ2) is 7.21. The largest absolute Gasteiger partial charge is 0.409 e. The van der Waals surface area contributed by atoms with Crippen LogP contribution < -0.4 is 5.73 Å². The second-order valence-corrected chi connectivity index (χ2v) is 4.61. The summed E-state index contributed by atoms with van der Waals surface area (Å²) in [6.07, 6.45) is 0.286. The van der Waals surface area contributed by atoms with Crippen molar-refractivity contribution in [1.29, 1.82) is 0 Å². The number of rotatable bonds is 5. The van der Waals surface area contributed by atoms with E-state index in [1.807, 2.05) is 6.92 Å². The van der Waals surface area contributed by atoms with Crippen LogP contribution in [0.25, 0.3) is 0 Å². The minimum absolute atomic E-state index is 0.0726. The average molecular weight is 304 g/mol. The predicted octanol–water partition coefficient (Wildman–Crippen LogP) is 2.59. The van der Waals surface area contributed by atoms with Gasteiger partial charge in [-0.05, 0) is 19.1 Å². The Hall–Kier alpha value is -1.46. The van der Waals surface area contributed by atoms with Crippen molar-refractivity contribution in [3.8, 4) is 0 Å². The van der Waals surface area contributed by atoms with Crippen LogP contribution in [0.15, 0.2) is 23.4 Å². The molecule has 0 spiro atoms. The number of nitrogens with zero attached hydrogens (tertiary/aromatic N) is 2. The van der Waals surface area contributed by atoms with Crippen molar-refractivity contribution in [2.24, 2.45) is 10.9 Å². The van der Waals surface area contributed by atoms with E-state index >= 15 is 0 Å². The van der Waals surface area contributed by atoms with Gasteiger partial charge in [0, 0.05) is 19.5 Å². The van der Waals surface area contributed by atoms with Gasteiger partial charge in [-0.3, -0.25) is 4.79 Å². The number of carbonyl (C=O) groups excluding carboxylic acids is 1. The molecule has 0 aromatic heterocycles. The minimum atomic E-state index is -0.235. The first-order valence-electron chi connectivity index (χ1n) is 5.71. The Labute approximate surface area is 121 Å². The van der Waals surface area contributed by atoms with Gasteiger partial charge in [0.2, 0.25) is 0 Å². The molecule has 0 radical (unpaired) electrons. The zero-order valence-corrected chi connectivity index (χ0v) is 11.9. The van der Waals surface area contributed by atoms with E-state index in [2.05, 4.69) is 5.16 Å². The molecule has 1 aromatic carbocycles. The van der Waals surface area contributed by atoms with E-state index in [1.54, 1.807) is 23.1 Å². The summed E-state index contributed by atoms with van der Waals surface area (Å²) in [6.45, 7) is 2.66. The number of halogens is 2. The summed E-state index contributed by atoms with van der Waals surface area (Å²) in [4.78, 5) is 13.8. The van der Waals surface area contributed by atoms with E-state index in [1.165, 1.54) is 0 Å². The molecular formula is C12H15Cl2N3O2. The van der Waals surface area contributed by atoms with Gasteiger partial charge in [0.25, 0.3) is 5.91 Å². The van der Waals surface area contributed by atoms with Gasteiger partial charge in [-0.15, -0.1) is 0 Å². The number of benzene rings is 1. The number of oxime groups is 1. The first kappa shape index (κ1) is 15.6. The van der Waals surface area contributed by atoms with Gasteiger partial charge in [-0.25, -0.2) is 0 Å². The summed E-state index contributed by atoms with van der Waals surface area (Å²) in [5.41, 5.74) is 5.73. The fraction of sp³-hybridized carbons (Fsp3) is 0.333. The highest BCUT2D eigenvalue weighted by Crippen LogP contribution is 2.26. The molecule has 0 fully saturated rings. The minimum Gasteiger partial charge on any atom is -0.409 e. The molecule has 0 atom stereocenters. The number of amides is 1. The fourth-order valence-electron chi connectivity index (χ4n) is 1.54. The molecule has 0 saturated heterocycles.